The van der Waals surface area contributed by atoms with E-state index >= 15 is 0 Å². The molecular formula is C24H27BiCl2O3. The van der Waals surface area contributed by atoms with Crippen LogP contribution in [0.1, 0.15) is 20.8 Å². The molecule has 6 heteroatoms. The van der Waals surface area contributed by atoms with Gasteiger partial charge in [-0.05, 0) is 0 Å². The molecule has 0 bridgehead atoms. The molecule has 3 nitrogen and oxygen atoms in total. The predicted molar refractivity (Wildman–Crippen MR) is 129 cm³/mol. The van der Waals surface area contributed by atoms with Gasteiger partial charge in [0, 0.05) is 0 Å². The van der Waals surface area contributed by atoms with Gasteiger partial charge in [-0.3, -0.25) is 0 Å². The zero-order valence-electron chi connectivity index (χ0n) is 17.5. The van der Waals surface area contributed by atoms with E-state index in [-0.39, 0.29) is 0 Å². The van der Waals surface area contributed by atoms with Crippen molar-refractivity contribution >= 4 is 43.2 Å². The van der Waals surface area contributed by atoms with Crippen molar-refractivity contribution in [1.29, 1.82) is 0 Å². The summed E-state index contributed by atoms with van der Waals surface area (Å²) >= 11 is -5.34. The third-order valence-electron chi connectivity index (χ3n) is 4.76. The van der Waals surface area contributed by atoms with Gasteiger partial charge in [0.2, 0.25) is 0 Å². The summed E-state index contributed by atoms with van der Waals surface area (Å²) in [5.41, 5.74) is 0. The van der Waals surface area contributed by atoms with E-state index in [1.807, 2.05) is 93.6 Å². The fourth-order valence-corrected chi connectivity index (χ4v) is 24.1. The molecule has 3 aromatic carbocycles. The number of halogens is 2. The Morgan fingerprint density at radius 3 is 1.07 bits per heavy atom. The number of rotatable bonds is 9. The predicted octanol–water partition coefficient (Wildman–Crippen LogP) is 4.78. The third kappa shape index (κ3) is 4.15. The molecule has 0 amide bonds. The van der Waals surface area contributed by atoms with E-state index in [2.05, 4.69) is 0 Å². The minimum absolute atomic E-state index is 0.511. The maximum atomic E-state index is 7.83. The standard InChI is InChI=1S/3C8H9O.Bi.2ClH/c3*1-2-9-8-6-4-3-5-7-8;;;/h3*3-6H,2H2,1H3;;2*1H/q;;;+2;;/p-2. The van der Waals surface area contributed by atoms with Crippen molar-refractivity contribution in [2.75, 3.05) is 19.8 Å². The fraction of sp³-hybridized carbons (Fsp3) is 0.250. The number of para-hydroxylation sites is 3. The Labute approximate surface area is 187 Å². The third-order valence-corrected chi connectivity index (χ3v) is 28.5. The number of hydrogen-bond donors (Lipinski definition) is 0. The van der Waals surface area contributed by atoms with Crippen LogP contribution >= 0.6 is 17.0 Å². The Morgan fingerprint density at radius 1 is 0.533 bits per heavy atom. The topological polar surface area (TPSA) is 27.7 Å². The maximum absolute atomic E-state index is 7.83. The number of hydrogen-bond acceptors (Lipinski definition) is 3. The van der Waals surface area contributed by atoms with Crippen LogP contribution in [-0.4, -0.2) is 36.2 Å². The SMILES string of the molecule is CCOc1cccc[c]1[Bi]([Cl])([Cl])([c]1ccccc1OCC)[c]1ccccc1OCC. The summed E-state index contributed by atoms with van der Waals surface area (Å²) in [6.45, 7) is 7.38. The van der Waals surface area contributed by atoms with Crippen LogP contribution in [0.3, 0.4) is 0 Å². The van der Waals surface area contributed by atoms with Crippen LogP contribution in [0.5, 0.6) is 17.2 Å². The molecule has 0 atom stereocenters. The first kappa shape index (κ1) is 23.2. The number of ether oxygens (including phenoxy) is 3. The molecule has 0 spiro atoms. The van der Waals surface area contributed by atoms with Gasteiger partial charge in [-0.25, -0.2) is 0 Å². The Balaban J connectivity index is 2.46. The van der Waals surface area contributed by atoms with Crippen LogP contribution in [0.25, 0.3) is 0 Å². The van der Waals surface area contributed by atoms with Crippen LogP contribution < -0.4 is 24.0 Å². The van der Waals surface area contributed by atoms with Gasteiger partial charge >= 0.3 is 188 Å². The van der Waals surface area contributed by atoms with Gasteiger partial charge in [0.05, 0.1) is 0 Å². The monoisotopic (exact) mass is 642 g/mol. The van der Waals surface area contributed by atoms with Crippen molar-refractivity contribution in [1.82, 2.24) is 0 Å². The molecule has 0 radical (unpaired) electrons. The molecule has 0 saturated carbocycles. The Hall–Kier alpha value is -1.48. The van der Waals surface area contributed by atoms with Gasteiger partial charge in [-0.15, -0.1) is 0 Å². The molecule has 3 aromatic rings. The van der Waals surface area contributed by atoms with E-state index in [0.29, 0.717) is 37.1 Å². The minimum atomic E-state index is -5.34. The van der Waals surface area contributed by atoms with E-state index in [4.69, 9.17) is 31.2 Å². The molecule has 160 valence electrons. The van der Waals surface area contributed by atoms with Crippen molar-refractivity contribution in [3.05, 3.63) is 72.8 Å². The summed E-state index contributed by atoms with van der Waals surface area (Å²) in [7, 11) is 15.7. The van der Waals surface area contributed by atoms with Crippen molar-refractivity contribution in [3.8, 4) is 17.2 Å². The molecular weight excluding hydrogens is 616 g/mol. The van der Waals surface area contributed by atoms with E-state index in [1.165, 1.54) is 0 Å². The van der Waals surface area contributed by atoms with Crippen LogP contribution in [-0.2, 0) is 0 Å². The molecule has 0 heterocycles. The zero-order valence-corrected chi connectivity index (χ0v) is 22.5. The molecule has 0 aromatic heterocycles. The zero-order chi connectivity index (χ0) is 21.6. The molecule has 0 saturated heterocycles. The summed E-state index contributed by atoms with van der Waals surface area (Å²) in [6, 6.07) is 23.3. The molecule has 0 aliphatic rings. The molecule has 0 unspecified atom stereocenters. The van der Waals surface area contributed by atoms with Gasteiger partial charge in [0.1, 0.15) is 0 Å². The normalized spacial score (nSPS) is 12.6. The summed E-state index contributed by atoms with van der Waals surface area (Å²) in [5, 5.41) is 0. The van der Waals surface area contributed by atoms with Crippen LogP contribution in [0.15, 0.2) is 72.8 Å². The van der Waals surface area contributed by atoms with Crippen molar-refractivity contribution in [2.24, 2.45) is 0 Å². The summed E-state index contributed by atoms with van der Waals surface area (Å²) in [5.74, 6) is 2.07. The van der Waals surface area contributed by atoms with E-state index < -0.39 is 16.4 Å². The average Bonchev–Trinajstić information content (AvgIpc) is 2.76. The molecule has 3 rings (SSSR count). The van der Waals surface area contributed by atoms with Gasteiger partial charge < -0.3 is 0 Å². The van der Waals surface area contributed by atoms with Gasteiger partial charge in [0.15, 0.2) is 0 Å². The molecule has 0 N–H and O–H groups in total. The van der Waals surface area contributed by atoms with Gasteiger partial charge in [0.25, 0.3) is 0 Å². The summed E-state index contributed by atoms with van der Waals surface area (Å²) in [4.78, 5) is 0. The number of benzene rings is 3. The fourth-order valence-electron chi connectivity index (χ4n) is 3.57. The average molecular weight is 643 g/mol. The molecule has 0 aliphatic carbocycles. The Kier molecular flexibility index (Phi) is 7.55. The second kappa shape index (κ2) is 9.77. The van der Waals surface area contributed by atoms with Crippen LogP contribution in [0.4, 0.5) is 0 Å². The first-order chi connectivity index (χ1) is 14.5. The first-order valence-corrected chi connectivity index (χ1v) is 23.9. The second-order valence-corrected chi connectivity index (χ2v) is 32.7. The Bertz CT molecular complexity index is 880. The van der Waals surface area contributed by atoms with E-state index in [9.17, 15) is 0 Å². The first-order valence-electron chi connectivity index (χ1n) is 10.1. The molecule has 30 heavy (non-hydrogen) atoms. The van der Waals surface area contributed by atoms with Crippen molar-refractivity contribution in [3.63, 3.8) is 0 Å². The van der Waals surface area contributed by atoms with Crippen LogP contribution in [0, 0.1) is 0 Å². The van der Waals surface area contributed by atoms with E-state index in [1.54, 1.807) is 0 Å². The Morgan fingerprint density at radius 2 is 0.800 bits per heavy atom. The van der Waals surface area contributed by atoms with E-state index in [0.717, 1.165) is 9.81 Å². The van der Waals surface area contributed by atoms with Gasteiger partial charge in [-0.2, -0.15) is 0 Å². The van der Waals surface area contributed by atoms with Crippen LogP contribution in [0.2, 0.25) is 0 Å². The van der Waals surface area contributed by atoms with Crippen molar-refractivity contribution < 1.29 is 14.2 Å². The summed E-state index contributed by atoms with van der Waals surface area (Å²) < 4.78 is 20.4. The second-order valence-electron chi connectivity index (χ2n) is 6.61. The molecule has 0 aliphatic heterocycles. The van der Waals surface area contributed by atoms with Crippen molar-refractivity contribution in [2.45, 2.75) is 20.8 Å². The molecule has 0 fully saturated rings. The van der Waals surface area contributed by atoms with Gasteiger partial charge in [-0.1, -0.05) is 0 Å². The summed E-state index contributed by atoms with van der Waals surface area (Å²) in [6.07, 6.45) is 0. The quantitative estimate of drug-likeness (QED) is 0.315.